The number of aromatic amines is 1. The fraction of sp³-hybridized carbons (Fsp3) is 0.333. The lowest BCUT2D eigenvalue weighted by Crippen LogP contribution is -2.42. The number of nitrogens with one attached hydrogen (secondary N) is 1. The SMILES string of the molecule is O=C(CC1SC(c2ccccc2)N(CCc2ccncc2)C1=O)N1CCC(n2c(=O)[nH]c3ccccc32)CC1. The first-order valence-electron chi connectivity index (χ1n) is 13.5. The number of carbonyl (C=O) groups excluding carboxylic acids is 2. The van der Waals surface area contributed by atoms with Crippen LogP contribution in [0, 0.1) is 0 Å². The second kappa shape index (κ2) is 11.1. The van der Waals surface area contributed by atoms with E-state index in [9.17, 15) is 14.4 Å². The Hall–Kier alpha value is -3.85. The summed E-state index contributed by atoms with van der Waals surface area (Å²) in [5, 5.41) is -0.521. The number of aromatic nitrogens is 3. The number of H-pyrrole nitrogens is 1. The highest BCUT2D eigenvalue weighted by Crippen LogP contribution is 2.44. The van der Waals surface area contributed by atoms with E-state index in [-0.39, 0.29) is 35.3 Å². The number of pyridine rings is 1. The molecule has 4 heterocycles. The number of benzene rings is 2. The minimum atomic E-state index is -0.408. The van der Waals surface area contributed by atoms with E-state index >= 15 is 0 Å². The first-order chi connectivity index (χ1) is 19.1. The van der Waals surface area contributed by atoms with Gasteiger partial charge in [0.2, 0.25) is 11.8 Å². The maximum Gasteiger partial charge on any atom is 0.326 e. The van der Waals surface area contributed by atoms with E-state index in [1.165, 1.54) is 0 Å². The number of nitrogens with zero attached hydrogens (tertiary/aromatic N) is 4. The molecule has 2 atom stereocenters. The predicted molar refractivity (Wildman–Crippen MR) is 152 cm³/mol. The molecule has 2 unspecified atom stereocenters. The van der Waals surface area contributed by atoms with Crippen LogP contribution in [0.4, 0.5) is 0 Å². The van der Waals surface area contributed by atoms with Crippen LogP contribution in [0.1, 0.15) is 41.8 Å². The van der Waals surface area contributed by atoms with E-state index in [1.54, 1.807) is 24.2 Å². The second-order valence-corrected chi connectivity index (χ2v) is 11.4. The van der Waals surface area contributed by atoms with Crippen LogP contribution in [0.3, 0.4) is 0 Å². The fourth-order valence-corrected chi connectivity index (χ4v) is 7.20. The molecule has 6 rings (SSSR count). The molecule has 0 radical (unpaired) electrons. The monoisotopic (exact) mass is 541 g/mol. The highest BCUT2D eigenvalue weighted by molar-refractivity contribution is 8.01. The summed E-state index contributed by atoms with van der Waals surface area (Å²) in [6, 6.07) is 21.7. The molecule has 9 heteroatoms. The van der Waals surface area contributed by atoms with E-state index in [1.807, 2.05) is 81.1 Å². The Morgan fingerprint density at radius 1 is 0.949 bits per heavy atom. The largest absolute Gasteiger partial charge is 0.342 e. The third kappa shape index (κ3) is 5.23. The van der Waals surface area contributed by atoms with Gasteiger partial charge in [0, 0.05) is 44.5 Å². The number of fused-ring (bicyclic) bond motifs is 1. The lowest BCUT2D eigenvalue weighted by molar-refractivity contribution is -0.136. The van der Waals surface area contributed by atoms with E-state index in [2.05, 4.69) is 9.97 Å². The van der Waals surface area contributed by atoms with Crippen molar-refractivity contribution in [3.8, 4) is 0 Å². The van der Waals surface area contributed by atoms with Crippen molar-refractivity contribution in [1.29, 1.82) is 0 Å². The molecule has 2 aliphatic heterocycles. The number of para-hydroxylation sites is 2. The van der Waals surface area contributed by atoms with Crippen LogP contribution in [0.25, 0.3) is 11.0 Å². The average molecular weight is 542 g/mol. The molecule has 2 aromatic heterocycles. The third-order valence-electron chi connectivity index (χ3n) is 7.78. The van der Waals surface area contributed by atoms with Crippen LogP contribution < -0.4 is 5.69 Å². The number of amides is 2. The average Bonchev–Trinajstić information content (AvgIpc) is 3.48. The van der Waals surface area contributed by atoms with Gasteiger partial charge in [-0.15, -0.1) is 11.8 Å². The molecule has 8 nitrogen and oxygen atoms in total. The van der Waals surface area contributed by atoms with Gasteiger partial charge >= 0.3 is 5.69 Å². The number of hydrogen-bond donors (Lipinski definition) is 1. The Balaban J connectivity index is 1.11. The molecule has 2 fully saturated rings. The Morgan fingerprint density at radius 3 is 2.44 bits per heavy atom. The van der Waals surface area contributed by atoms with Crippen molar-refractivity contribution in [1.82, 2.24) is 24.3 Å². The zero-order chi connectivity index (χ0) is 26.8. The van der Waals surface area contributed by atoms with Gasteiger partial charge < -0.3 is 14.8 Å². The molecule has 4 aromatic rings. The fourth-order valence-electron chi connectivity index (χ4n) is 5.72. The molecule has 2 amide bonds. The normalized spacial score (nSPS) is 20.2. The molecule has 2 aromatic carbocycles. The zero-order valence-electron chi connectivity index (χ0n) is 21.6. The third-order valence-corrected chi connectivity index (χ3v) is 9.26. The summed E-state index contributed by atoms with van der Waals surface area (Å²) in [6.07, 6.45) is 5.89. The first-order valence-corrected chi connectivity index (χ1v) is 14.4. The van der Waals surface area contributed by atoms with Gasteiger partial charge in [-0.3, -0.25) is 19.1 Å². The lowest BCUT2D eigenvalue weighted by Gasteiger charge is -2.33. The second-order valence-electron chi connectivity index (χ2n) is 10.2. The molecule has 0 saturated carbocycles. The molecular formula is C30H31N5O3S. The van der Waals surface area contributed by atoms with E-state index in [4.69, 9.17) is 0 Å². The van der Waals surface area contributed by atoms with Crippen LogP contribution in [0.15, 0.2) is 83.9 Å². The number of hydrogen-bond acceptors (Lipinski definition) is 5. The van der Waals surface area contributed by atoms with Gasteiger partial charge in [0.1, 0.15) is 5.37 Å². The van der Waals surface area contributed by atoms with E-state index in [0.717, 1.165) is 28.6 Å². The molecular weight excluding hydrogens is 510 g/mol. The van der Waals surface area contributed by atoms with Gasteiger partial charge in [0.15, 0.2) is 0 Å². The summed E-state index contributed by atoms with van der Waals surface area (Å²) >= 11 is 1.58. The number of carbonyl (C=O) groups is 2. The lowest BCUT2D eigenvalue weighted by atomic mass is 10.0. The van der Waals surface area contributed by atoms with Crippen molar-refractivity contribution >= 4 is 34.6 Å². The molecule has 0 spiro atoms. The van der Waals surface area contributed by atoms with Gasteiger partial charge in [0.25, 0.3) is 0 Å². The van der Waals surface area contributed by atoms with Gasteiger partial charge in [-0.25, -0.2) is 4.79 Å². The maximum atomic E-state index is 13.6. The summed E-state index contributed by atoms with van der Waals surface area (Å²) in [7, 11) is 0. The van der Waals surface area contributed by atoms with E-state index < -0.39 is 5.25 Å². The molecule has 2 aliphatic rings. The minimum Gasteiger partial charge on any atom is -0.342 e. The highest BCUT2D eigenvalue weighted by Gasteiger charge is 2.42. The van der Waals surface area contributed by atoms with Crippen molar-refractivity contribution in [2.45, 2.75) is 42.3 Å². The van der Waals surface area contributed by atoms with Crippen molar-refractivity contribution in [2.75, 3.05) is 19.6 Å². The number of piperidine rings is 1. The molecule has 0 bridgehead atoms. The molecule has 2 saturated heterocycles. The Kier molecular flexibility index (Phi) is 7.24. The summed E-state index contributed by atoms with van der Waals surface area (Å²) in [5.74, 6) is 0.0323. The maximum absolute atomic E-state index is 13.6. The minimum absolute atomic E-state index is 0.00775. The van der Waals surface area contributed by atoms with Crippen LogP contribution in [-0.4, -0.2) is 61.0 Å². The molecule has 1 N–H and O–H groups in total. The van der Waals surface area contributed by atoms with Crippen LogP contribution in [-0.2, 0) is 16.0 Å². The molecule has 200 valence electrons. The number of imidazole rings is 1. The quantitative estimate of drug-likeness (QED) is 0.379. The zero-order valence-corrected chi connectivity index (χ0v) is 22.4. The predicted octanol–water partition coefficient (Wildman–Crippen LogP) is 4.16. The smallest absolute Gasteiger partial charge is 0.326 e. The van der Waals surface area contributed by atoms with Gasteiger partial charge in [-0.1, -0.05) is 42.5 Å². The number of thioether (sulfide) groups is 1. The number of likely N-dealkylation sites (tertiary alicyclic amines) is 1. The van der Waals surface area contributed by atoms with Crippen molar-refractivity contribution in [3.05, 3.63) is 101 Å². The van der Waals surface area contributed by atoms with Crippen molar-refractivity contribution < 1.29 is 9.59 Å². The molecule has 39 heavy (non-hydrogen) atoms. The van der Waals surface area contributed by atoms with Gasteiger partial charge in [0.05, 0.1) is 16.3 Å². The summed E-state index contributed by atoms with van der Waals surface area (Å²) in [6.45, 7) is 1.74. The van der Waals surface area contributed by atoms with E-state index in [0.29, 0.717) is 32.5 Å². The summed E-state index contributed by atoms with van der Waals surface area (Å²) < 4.78 is 1.83. The van der Waals surface area contributed by atoms with Crippen LogP contribution >= 0.6 is 11.8 Å². The molecule has 0 aliphatic carbocycles. The summed E-state index contributed by atoms with van der Waals surface area (Å²) in [4.78, 5) is 50.4. The van der Waals surface area contributed by atoms with Crippen molar-refractivity contribution in [2.24, 2.45) is 0 Å². The Morgan fingerprint density at radius 2 is 1.67 bits per heavy atom. The Labute approximate surface area is 231 Å². The van der Waals surface area contributed by atoms with Gasteiger partial charge in [-0.2, -0.15) is 0 Å². The number of rotatable bonds is 7. The highest BCUT2D eigenvalue weighted by atomic mass is 32.2. The van der Waals surface area contributed by atoms with Crippen molar-refractivity contribution in [3.63, 3.8) is 0 Å². The van der Waals surface area contributed by atoms with Crippen LogP contribution in [0.5, 0.6) is 0 Å². The van der Waals surface area contributed by atoms with Gasteiger partial charge in [-0.05, 0) is 54.7 Å². The first kappa shape index (κ1) is 25.4. The standard InChI is InChI=1S/C30H31N5O3S/c36-27(33-17-13-23(14-18-33)35-25-9-5-4-8-24(25)32-30(35)38)20-26-28(37)34(19-12-21-10-15-31-16-11-21)29(39-26)22-6-2-1-3-7-22/h1-11,15-16,23,26,29H,12-14,17-20H2,(H,32,38). The Bertz CT molecular complexity index is 1510. The van der Waals surface area contributed by atoms with Crippen LogP contribution in [0.2, 0.25) is 0 Å². The topological polar surface area (TPSA) is 91.3 Å². The summed E-state index contributed by atoms with van der Waals surface area (Å²) in [5.41, 5.74) is 3.84.